The molecule has 0 amide bonds. The molecule has 102 valence electrons. The first kappa shape index (κ1) is 14.0. The van der Waals surface area contributed by atoms with Crippen LogP contribution in [0.25, 0.3) is 0 Å². The summed E-state index contributed by atoms with van der Waals surface area (Å²) in [5.41, 5.74) is -2.53. The Morgan fingerprint density at radius 3 is 2.50 bits per heavy atom. The van der Waals surface area contributed by atoms with E-state index in [1.807, 2.05) is 4.90 Å². The smallest absolute Gasteiger partial charge is 0.380 e. The van der Waals surface area contributed by atoms with Gasteiger partial charge in [0, 0.05) is 30.7 Å². The van der Waals surface area contributed by atoms with Crippen LogP contribution in [0.1, 0.15) is 17.7 Å². The summed E-state index contributed by atoms with van der Waals surface area (Å²) in [5, 5.41) is 9.51. The molecule has 1 N–H and O–H groups in total. The Hall–Kier alpha value is -0.370. The molecule has 0 radical (unpaired) electrons. The lowest BCUT2D eigenvalue weighted by Crippen LogP contribution is -2.53. The summed E-state index contributed by atoms with van der Waals surface area (Å²) in [6.07, 6.45) is -3.50. The average Bonchev–Trinajstić information content (AvgIpc) is 2.66. The second-order valence-corrected chi connectivity index (χ2v) is 6.08. The van der Waals surface area contributed by atoms with Gasteiger partial charge in [-0.3, -0.25) is 4.90 Å². The summed E-state index contributed by atoms with van der Waals surface area (Å²) in [7, 11) is 0. The van der Waals surface area contributed by atoms with Crippen LogP contribution in [0.4, 0.5) is 13.2 Å². The van der Waals surface area contributed by atoms with Crippen molar-refractivity contribution in [3.8, 4) is 0 Å². The van der Waals surface area contributed by atoms with Crippen LogP contribution >= 0.6 is 22.9 Å². The highest BCUT2D eigenvalue weighted by Gasteiger charge is 2.54. The Bertz CT molecular complexity index is 416. The summed E-state index contributed by atoms with van der Waals surface area (Å²) in [4.78, 5) is 6.66. The van der Waals surface area contributed by atoms with Gasteiger partial charge in [0.15, 0.2) is 10.1 Å². The maximum Gasteiger partial charge on any atom is 0.417 e. The van der Waals surface area contributed by atoms with Gasteiger partial charge in [-0.05, 0) is 12.8 Å². The van der Waals surface area contributed by atoms with E-state index in [9.17, 15) is 18.3 Å². The second kappa shape index (κ2) is 4.96. The molecule has 0 spiro atoms. The SMILES string of the molecule is OC1(C(F)(F)F)CCN(Cc2cnc(Cl)s2)CC1. The lowest BCUT2D eigenvalue weighted by atomic mass is 9.91. The summed E-state index contributed by atoms with van der Waals surface area (Å²) in [6, 6.07) is 0. The fourth-order valence-corrected chi connectivity index (χ4v) is 2.96. The van der Waals surface area contributed by atoms with Gasteiger partial charge in [-0.2, -0.15) is 13.2 Å². The summed E-state index contributed by atoms with van der Waals surface area (Å²) >= 11 is 7.00. The van der Waals surface area contributed by atoms with Crippen LogP contribution in [0.15, 0.2) is 6.20 Å². The van der Waals surface area contributed by atoms with Crippen molar-refractivity contribution in [2.24, 2.45) is 0 Å². The van der Waals surface area contributed by atoms with Crippen molar-refractivity contribution in [3.05, 3.63) is 15.5 Å². The van der Waals surface area contributed by atoms with E-state index in [2.05, 4.69) is 4.98 Å². The zero-order chi connectivity index (χ0) is 13.4. The van der Waals surface area contributed by atoms with Gasteiger partial charge in [0.2, 0.25) is 0 Å². The van der Waals surface area contributed by atoms with Crippen LogP contribution in [0, 0.1) is 0 Å². The highest BCUT2D eigenvalue weighted by atomic mass is 35.5. The summed E-state index contributed by atoms with van der Waals surface area (Å²) in [6.45, 7) is 0.954. The molecule has 0 aromatic carbocycles. The molecule has 18 heavy (non-hydrogen) atoms. The Kier molecular flexibility index (Phi) is 3.87. The van der Waals surface area contributed by atoms with Crippen LogP contribution in [-0.2, 0) is 6.54 Å². The molecule has 2 heterocycles. The van der Waals surface area contributed by atoms with E-state index in [0.717, 1.165) is 4.88 Å². The normalized spacial score (nSPS) is 21.2. The number of nitrogens with zero attached hydrogens (tertiary/aromatic N) is 2. The standard InChI is InChI=1S/C10H12ClF3N2OS/c11-8-15-5-7(18-8)6-16-3-1-9(17,2-4-16)10(12,13)14/h5,17H,1-4,6H2. The number of likely N-dealkylation sites (tertiary alicyclic amines) is 1. The fraction of sp³-hybridized carbons (Fsp3) is 0.700. The van der Waals surface area contributed by atoms with E-state index in [1.54, 1.807) is 6.20 Å². The maximum atomic E-state index is 12.6. The van der Waals surface area contributed by atoms with Crippen molar-refractivity contribution < 1.29 is 18.3 Å². The highest BCUT2D eigenvalue weighted by molar-refractivity contribution is 7.15. The van der Waals surface area contributed by atoms with Crippen molar-refractivity contribution >= 4 is 22.9 Å². The van der Waals surface area contributed by atoms with Gasteiger partial charge in [0.25, 0.3) is 0 Å². The van der Waals surface area contributed by atoms with Crippen molar-refractivity contribution in [1.82, 2.24) is 9.88 Å². The van der Waals surface area contributed by atoms with Crippen molar-refractivity contribution in [1.29, 1.82) is 0 Å². The van der Waals surface area contributed by atoms with Gasteiger partial charge in [0.05, 0.1) is 0 Å². The molecule has 1 aliphatic heterocycles. The van der Waals surface area contributed by atoms with Crippen molar-refractivity contribution in [2.75, 3.05) is 13.1 Å². The predicted molar refractivity (Wildman–Crippen MR) is 62.6 cm³/mol. The molecule has 1 fully saturated rings. The third-order valence-electron chi connectivity index (χ3n) is 3.12. The first-order valence-electron chi connectivity index (χ1n) is 5.42. The predicted octanol–water partition coefficient (Wildman–Crippen LogP) is 2.69. The number of hydrogen-bond donors (Lipinski definition) is 1. The molecular weight excluding hydrogens is 289 g/mol. The van der Waals surface area contributed by atoms with E-state index in [4.69, 9.17) is 11.6 Å². The van der Waals surface area contributed by atoms with E-state index < -0.39 is 11.8 Å². The summed E-state index contributed by atoms with van der Waals surface area (Å²) < 4.78 is 38.2. The average molecular weight is 301 g/mol. The van der Waals surface area contributed by atoms with E-state index >= 15 is 0 Å². The lowest BCUT2D eigenvalue weighted by molar-refractivity contribution is -0.272. The van der Waals surface area contributed by atoms with Gasteiger partial charge in [-0.25, -0.2) is 4.98 Å². The molecule has 1 aliphatic rings. The first-order chi connectivity index (χ1) is 8.30. The Morgan fingerprint density at radius 2 is 2.06 bits per heavy atom. The Balaban J connectivity index is 1.91. The monoisotopic (exact) mass is 300 g/mol. The number of rotatable bonds is 2. The summed E-state index contributed by atoms with van der Waals surface area (Å²) in [5.74, 6) is 0. The number of hydrogen-bond acceptors (Lipinski definition) is 4. The maximum absolute atomic E-state index is 12.6. The minimum Gasteiger partial charge on any atom is -0.380 e. The number of halogens is 4. The zero-order valence-electron chi connectivity index (χ0n) is 9.37. The van der Waals surface area contributed by atoms with Crippen LogP contribution in [0.5, 0.6) is 0 Å². The number of aliphatic hydroxyl groups is 1. The molecule has 3 nitrogen and oxygen atoms in total. The zero-order valence-corrected chi connectivity index (χ0v) is 10.9. The third kappa shape index (κ3) is 2.96. The molecular formula is C10H12ClF3N2OS. The molecule has 8 heteroatoms. The molecule has 0 saturated carbocycles. The largest absolute Gasteiger partial charge is 0.417 e. The number of piperidine rings is 1. The van der Waals surface area contributed by atoms with Gasteiger partial charge in [-0.1, -0.05) is 11.6 Å². The Labute approximate surface area is 111 Å². The van der Waals surface area contributed by atoms with E-state index in [1.165, 1.54) is 11.3 Å². The van der Waals surface area contributed by atoms with Gasteiger partial charge in [-0.15, -0.1) is 11.3 Å². The minimum atomic E-state index is -4.55. The van der Waals surface area contributed by atoms with Crippen LogP contribution in [-0.4, -0.2) is 39.9 Å². The molecule has 1 aromatic rings. The number of thiazole rings is 1. The van der Waals surface area contributed by atoms with E-state index in [-0.39, 0.29) is 25.9 Å². The molecule has 0 atom stereocenters. The van der Waals surface area contributed by atoms with Crippen LogP contribution in [0.2, 0.25) is 4.47 Å². The quantitative estimate of drug-likeness (QED) is 0.912. The molecule has 1 saturated heterocycles. The molecule has 0 aliphatic carbocycles. The van der Waals surface area contributed by atoms with Crippen LogP contribution < -0.4 is 0 Å². The molecule has 2 rings (SSSR count). The Morgan fingerprint density at radius 1 is 1.44 bits per heavy atom. The fourth-order valence-electron chi connectivity index (χ4n) is 1.94. The second-order valence-electron chi connectivity index (χ2n) is 4.39. The number of alkyl halides is 3. The van der Waals surface area contributed by atoms with Gasteiger partial charge >= 0.3 is 6.18 Å². The third-order valence-corrected chi connectivity index (χ3v) is 4.22. The van der Waals surface area contributed by atoms with Crippen molar-refractivity contribution in [3.63, 3.8) is 0 Å². The van der Waals surface area contributed by atoms with Gasteiger partial charge in [0.1, 0.15) is 0 Å². The van der Waals surface area contributed by atoms with E-state index in [0.29, 0.717) is 11.0 Å². The molecule has 0 bridgehead atoms. The lowest BCUT2D eigenvalue weighted by Gasteiger charge is -2.38. The highest BCUT2D eigenvalue weighted by Crippen LogP contribution is 2.38. The van der Waals surface area contributed by atoms with Gasteiger partial charge < -0.3 is 5.11 Å². The number of aromatic nitrogens is 1. The van der Waals surface area contributed by atoms with Crippen LogP contribution in [0.3, 0.4) is 0 Å². The minimum absolute atomic E-state index is 0.214. The topological polar surface area (TPSA) is 36.4 Å². The first-order valence-corrected chi connectivity index (χ1v) is 6.61. The molecule has 1 aromatic heterocycles. The van der Waals surface area contributed by atoms with Crippen molar-refractivity contribution in [2.45, 2.75) is 31.2 Å². The molecule has 0 unspecified atom stereocenters.